The molecule has 3 aromatic rings. The van der Waals surface area contributed by atoms with Crippen molar-refractivity contribution in [1.82, 2.24) is 5.32 Å². The van der Waals surface area contributed by atoms with E-state index in [1.54, 1.807) is 48.5 Å². The SMILES string of the molecule is CCOCCOc1ccc(C(=O)NC(=S)Nc2cccc(NC(=O)c3ccc(C(C)(C)C)cc3)c2)cc1. The highest BCUT2D eigenvalue weighted by molar-refractivity contribution is 7.80. The lowest BCUT2D eigenvalue weighted by Gasteiger charge is -2.19. The van der Waals surface area contributed by atoms with Crippen LogP contribution >= 0.6 is 12.2 Å². The first-order chi connectivity index (χ1) is 17.7. The molecule has 0 aliphatic carbocycles. The Hall–Kier alpha value is -3.75. The Bertz CT molecular complexity index is 1220. The number of rotatable bonds is 9. The third kappa shape index (κ3) is 8.70. The van der Waals surface area contributed by atoms with Crippen molar-refractivity contribution < 1.29 is 19.1 Å². The fraction of sp³-hybridized carbons (Fsp3) is 0.276. The van der Waals surface area contributed by atoms with Crippen LogP contribution in [0.2, 0.25) is 0 Å². The van der Waals surface area contributed by atoms with Gasteiger partial charge in [0.25, 0.3) is 11.8 Å². The van der Waals surface area contributed by atoms with Crippen LogP contribution in [0, 0.1) is 0 Å². The van der Waals surface area contributed by atoms with E-state index < -0.39 is 0 Å². The molecule has 37 heavy (non-hydrogen) atoms. The predicted molar refractivity (Wildman–Crippen MR) is 152 cm³/mol. The fourth-order valence-corrected chi connectivity index (χ4v) is 3.61. The van der Waals surface area contributed by atoms with Gasteiger partial charge in [-0.15, -0.1) is 0 Å². The van der Waals surface area contributed by atoms with Gasteiger partial charge in [0.1, 0.15) is 12.4 Å². The summed E-state index contributed by atoms with van der Waals surface area (Å²) < 4.78 is 10.8. The molecular formula is C29H33N3O4S. The molecule has 2 amide bonds. The van der Waals surface area contributed by atoms with E-state index in [0.29, 0.717) is 48.1 Å². The molecule has 0 heterocycles. The van der Waals surface area contributed by atoms with Crippen LogP contribution < -0.4 is 20.7 Å². The number of amides is 2. The molecule has 3 aromatic carbocycles. The smallest absolute Gasteiger partial charge is 0.257 e. The van der Waals surface area contributed by atoms with E-state index >= 15 is 0 Å². The molecule has 0 saturated heterocycles. The summed E-state index contributed by atoms with van der Waals surface area (Å²) in [5.74, 6) is 0.0984. The van der Waals surface area contributed by atoms with E-state index in [9.17, 15) is 9.59 Å². The molecule has 7 nitrogen and oxygen atoms in total. The summed E-state index contributed by atoms with van der Waals surface area (Å²) in [7, 11) is 0. The molecule has 3 N–H and O–H groups in total. The molecule has 8 heteroatoms. The van der Waals surface area contributed by atoms with Gasteiger partial charge in [0.2, 0.25) is 0 Å². The lowest BCUT2D eigenvalue weighted by molar-refractivity contribution is 0.0976. The van der Waals surface area contributed by atoms with Crippen molar-refractivity contribution >= 4 is 40.5 Å². The third-order valence-electron chi connectivity index (χ3n) is 5.44. The maximum atomic E-state index is 12.7. The molecule has 194 valence electrons. The van der Waals surface area contributed by atoms with Crippen molar-refractivity contribution in [3.63, 3.8) is 0 Å². The topological polar surface area (TPSA) is 88.7 Å². The minimum Gasteiger partial charge on any atom is -0.491 e. The minimum atomic E-state index is -0.346. The van der Waals surface area contributed by atoms with Gasteiger partial charge in [0.05, 0.1) is 6.61 Å². The average molecular weight is 520 g/mol. The number of thiocarbonyl (C=S) groups is 1. The van der Waals surface area contributed by atoms with Gasteiger partial charge in [0.15, 0.2) is 5.11 Å². The number of hydrogen-bond donors (Lipinski definition) is 3. The molecule has 0 aliphatic rings. The first-order valence-corrected chi connectivity index (χ1v) is 12.5. The predicted octanol–water partition coefficient (Wildman–Crippen LogP) is 5.78. The van der Waals surface area contributed by atoms with Gasteiger partial charge >= 0.3 is 0 Å². The van der Waals surface area contributed by atoms with Crippen molar-refractivity contribution in [3.05, 3.63) is 89.5 Å². The zero-order valence-electron chi connectivity index (χ0n) is 21.6. The normalized spacial score (nSPS) is 10.9. The fourth-order valence-electron chi connectivity index (χ4n) is 3.40. The number of carbonyl (C=O) groups is 2. The summed E-state index contributed by atoms with van der Waals surface area (Å²) in [6, 6.07) is 21.5. The van der Waals surface area contributed by atoms with Crippen LogP contribution in [0.3, 0.4) is 0 Å². The monoisotopic (exact) mass is 519 g/mol. The Balaban J connectivity index is 1.53. The first-order valence-electron chi connectivity index (χ1n) is 12.1. The quantitative estimate of drug-likeness (QED) is 0.245. The van der Waals surface area contributed by atoms with Crippen LogP contribution in [0.5, 0.6) is 5.75 Å². The Labute approximate surface area is 223 Å². The van der Waals surface area contributed by atoms with E-state index in [0.717, 1.165) is 5.56 Å². The van der Waals surface area contributed by atoms with Crippen molar-refractivity contribution in [2.24, 2.45) is 0 Å². The molecular weight excluding hydrogens is 486 g/mol. The first kappa shape index (κ1) is 27.8. The minimum absolute atomic E-state index is 0.0183. The number of benzene rings is 3. The number of hydrogen-bond acceptors (Lipinski definition) is 5. The summed E-state index contributed by atoms with van der Waals surface area (Å²) >= 11 is 5.30. The Kier molecular flexibility index (Phi) is 9.77. The van der Waals surface area contributed by atoms with E-state index in [1.165, 1.54) is 0 Å². The molecule has 0 fully saturated rings. The summed E-state index contributed by atoms with van der Waals surface area (Å²) in [4.78, 5) is 25.2. The highest BCUT2D eigenvalue weighted by Crippen LogP contribution is 2.23. The van der Waals surface area contributed by atoms with Gasteiger partial charge in [-0.1, -0.05) is 39.0 Å². The van der Waals surface area contributed by atoms with Crippen molar-refractivity contribution in [3.8, 4) is 5.75 Å². The largest absolute Gasteiger partial charge is 0.491 e. The summed E-state index contributed by atoms with van der Waals surface area (Å²) in [6.07, 6.45) is 0. The molecule has 0 bridgehead atoms. The molecule has 3 rings (SSSR count). The Morgan fingerprint density at radius 1 is 0.811 bits per heavy atom. The number of nitrogens with one attached hydrogen (secondary N) is 3. The van der Waals surface area contributed by atoms with Gasteiger partial charge in [-0.25, -0.2) is 0 Å². The van der Waals surface area contributed by atoms with Gasteiger partial charge in [-0.2, -0.15) is 0 Å². The zero-order chi connectivity index (χ0) is 26.8. The number of carbonyl (C=O) groups excluding carboxylic acids is 2. The Morgan fingerprint density at radius 2 is 1.41 bits per heavy atom. The van der Waals surface area contributed by atoms with Crippen LogP contribution in [-0.2, 0) is 10.2 Å². The molecule has 0 saturated carbocycles. The van der Waals surface area contributed by atoms with Gasteiger partial charge in [0, 0.05) is 29.1 Å². The third-order valence-corrected chi connectivity index (χ3v) is 5.64. The molecule has 0 aliphatic heterocycles. The second-order valence-corrected chi connectivity index (χ2v) is 9.75. The van der Waals surface area contributed by atoms with E-state index in [-0.39, 0.29) is 22.3 Å². The van der Waals surface area contributed by atoms with E-state index in [1.807, 2.05) is 31.2 Å². The van der Waals surface area contributed by atoms with Crippen LogP contribution in [0.15, 0.2) is 72.8 Å². The van der Waals surface area contributed by atoms with E-state index in [4.69, 9.17) is 21.7 Å². The standard InChI is InChI=1S/C29H33N3O4S/c1-5-35-17-18-36-25-15-11-21(12-16-25)27(34)32-28(37)31-24-8-6-7-23(19-24)30-26(33)20-9-13-22(14-10-20)29(2,3)4/h6-16,19H,5,17-18H2,1-4H3,(H,30,33)(H2,31,32,34,37). The van der Waals surface area contributed by atoms with Crippen molar-refractivity contribution in [1.29, 1.82) is 0 Å². The lowest BCUT2D eigenvalue weighted by atomic mass is 9.87. The second kappa shape index (κ2) is 13.0. The Morgan fingerprint density at radius 3 is 2.03 bits per heavy atom. The summed E-state index contributed by atoms with van der Waals surface area (Å²) in [5.41, 5.74) is 3.42. The molecule has 0 aromatic heterocycles. The van der Waals surface area contributed by atoms with Crippen molar-refractivity contribution in [2.75, 3.05) is 30.5 Å². The van der Waals surface area contributed by atoms with Crippen LogP contribution in [-0.4, -0.2) is 36.7 Å². The molecule has 0 radical (unpaired) electrons. The maximum absolute atomic E-state index is 12.7. The van der Waals surface area contributed by atoms with Crippen LogP contribution in [0.25, 0.3) is 0 Å². The number of anilines is 2. The number of ether oxygens (including phenoxy) is 2. The molecule has 0 atom stereocenters. The van der Waals surface area contributed by atoms with Crippen LogP contribution in [0.1, 0.15) is 54.0 Å². The summed E-state index contributed by atoms with van der Waals surface area (Å²) in [6.45, 7) is 9.90. The average Bonchev–Trinajstić information content (AvgIpc) is 2.86. The van der Waals surface area contributed by atoms with Crippen molar-refractivity contribution in [2.45, 2.75) is 33.1 Å². The van der Waals surface area contributed by atoms with Crippen LogP contribution in [0.4, 0.5) is 11.4 Å². The molecule has 0 unspecified atom stereocenters. The highest BCUT2D eigenvalue weighted by Gasteiger charge is 2.15. The second-order valence-electron chi connectivity index (χ2n) is 9.34. The lowest BCUT2D eigenvalue weighted by Crippen LogP contribution is -2.34. The van der Waals surface area contributed by atoms with Gasteiger partial charge in [-0.3, -0.25) is 14.9 Å². The zero-order valence-corrected chi connectivity index (χ0v) is 22.4. The summed E-state index contributed by atoms with van der Waals surface area (Å²) in [5, 5.41) is 8.68. The van der Waals surface area contributed by atoms with Gasteiger partial charge in [-0.05, 0) is 84.7 Å². The molecule has 0 spiro atoms. The maximum Gasteiger partial charge on any atom is 0.257 e. The van der Waals surface area contributed by atoms with Gasteiger partial charge < -0.3 is 20.1 Å². The highest BCUT2D eigenvalue weighted by atomic mass is 32.1. The van der Waals surface area contributed by atoms with E-state index in [2.05, 4.69) is 36.7 Å².